The molecule has 1 atom stereocenters. The number of hydrogen-bond donors (Lipinski definition) is 1. The highest BCUT2D eigenvalue weighted by Gasteiger charge is 2.10. The molecule has 0 amide bonds. The SMILES string of the molecule is Cc1cc(C)c(COc2ccc([C@@H](C)O)c(F)c2)c(C)c1. The van der Waals surface area contributed by atoms with E-state index < -0.39 is 11.9 Å². The van der Waals surface area contributed by atoms with Crippen molar-refractivity contribution < 1.29 is 14.2 Å². The monoisotopic (exact) mass is 288 g/mol. The lowest BCUT2D eigenvalue weighted by molar-refractivity contribution is 0.194. The summed E-state index contributed by atoms with van der Waals surface area (Å²) in [7, 11) is 0. The average Bonchev–Trinajstić information content (AvgIpc) is 2.36. The molecule has 0 spiro atoms. The van der Waals surface area contributed by atoms with Gasteiger partial charge in [-0.1, -0.05) is 17.7 Å². The molecule has 0 bridgehead atoms. The van der Waals surface area contributed by atoms with E-state index in [9.17, 15) is 9.50 Å². The zero-order chi connectivity index (χ0) is 15.6. The van der Waals surface area contributed by atoms with Gasteiger partial charge < -0.3 is 9.84 Å². The van der Waals surface area contributed by atoms with Crippen LogP contribution >= 0.6 is 0 Å². The summed E-state index contributed by atoms with van der Waals surface area (Å²) in [6.45, 7) is 8.11. The number of aryl methyl sites for hydroxylation is 3. The summed E-state index contributed by atoms with van der Waals surface area (Å²) in [5.74, 6) is 0.0242. The van der Waals surface area contributed by atoms with Crippen molar-refractivity contribution in [2.45, 2.75) is 40.4 Å². The van der Waals surface area contributed by atoms with E-state index in [0.717, 1.165) is 5.56 Å². The van der Waals surface area contributed by atoms with Crippen LogP contribution in [0.5, 0.6) is 5.75 Å². The maximum absolute atomic E-state index is 13.8. The molecule has 2 nitrogen and oxygen atoms in total. The van der Waals surface area contributed by atoms with Gasteiger partial charge in [-0.3, -0.25) is 0 Å². The Morgan fingerprint density at radius 2 is 1.71 bits per heavy atom. The molecule has 0 fully saturated rings. The summed E-state index contributed by atoms with van der Waals surface area (Å²) in [4.78, 5) is 0. The van der Waals surface area contributed by atoms with Gasteiger partial charge in [-0.25, -0.2) is 4.39 Å². The average molecular weight is 288 g/mol. The lowest BCUT2D eigenvalue weighted by Crippen LogP contribution is -2.02. The fraction of sp³-hybridized carbons (Fsp3) is 0.333. The van der Waals surface area contributed by atoms with Crippen molar-refractivity contribution in [1.82, 2.24) is 0 Å². The summed E-state index contributed by atoms with van der Waals surface area (Å²) in [6, 6.07) is 8.79. The molecule has 0 saturated heterocycles. The topological polar surface area (TPSA) is 29.5 Å². The van der Waals surface area contributed by atoms with Crippen molar-refractivity contribution in [2.75, 3.05) is 0 Å². The minimum absolute atomic E-state index is 0.282. The molecule has 1 N–H and O–H groups in total. The van der Waals surface area contributed by atoms with E-state index in [1.807, 2.05) is 0 Å². The lowest BCUT2D eigenvalue weighted by atomic mass is 10.0. The van der Waals surface area contributed by atoms with Crippen molar-refractivity contribution >= 4 is 0 Å². The van der Waals surface area contributed by atoms with E-state index in [4.69, 9.17) is 4.74 Å². The zero-order valence-electron chi connectivity index (χ0n) is 12.9. The van der Waals surface area contributed by atoms with Gasteiger partial charge in [-0.2, -0.15) is 0 Å². The van der Waals surface area contributed by atoms with Gasteiger partial charge in [0.05, 0.1) is 6.10 Å². The largest absolute Gasteiger partial charge is 0.489 e. The molecule has 3 heteroatoms. The fourth-order valence-electron chi connectivity index (χ4n) is 2.53. The maximum Gasteiger partial charge on any atom is 0.132 e. The highest BCUT2D eigenvalue weighted by atomic mass is 19.1. The summed E-state index contributed by atoms with van der Waals surface area (Å²) < 4.78 is 19.5. The van der Waals surface area contributed by atoms with Crippen LogP contribution in [0.3, 0.4) is 0 Å². The molecule has 21 heavy (non-hydrogen) atoms. The molecule has 2 aromatic rings. The van der Waals surface area contributed by atoms with Crippen LogP contribution in [-0.2, 0) is 6.61 Å². The second kappa shape index (κ2) is 6.27. The van der Waals surface area contributed by atoms with Crippen LogP contribution in [0.1, 0.15) is 40.8 Å². The van der Waals surface area contributed by atoms with E-state index >= 15 is 0 Å². The minimum atomic E-state index is -0.819. The summed E-state index contributed by atoms with van der Waals surface area (Å²) in [5.41, 5.74) is 4.98. The van der Waals surface area contributed by atoms with Crippen LogP contribution in [0, 0.1) is 26.6 Å². The Bertz CT molecular complexity index is 625. The number of hydrogen-bond acceptors (Lipinski definition) is 2. The van der Waals surface area contributed by atoms with Gasteiger partial charge in [0.15, 0.2) is 0 Å². The number of aliphatic hydroxyl groups is 1. The number of benzene rings is 2. The first-order valence-corrected chi connectivity index (χ1v) is 7.05. The Morgan fingerprint density at radius 3 is 2.24 bits per heavy atom. The van der Waals surface area contributed by atoms with E-state index in [1.54, 1.807) is 12.1 Å². The molecule has 0 aromatic heterocycles. The van der Waals surface area contributed by atoms with Crippen LogP contribution in [-0.4, -0.2) is 5.11 Å². The van der Waals surface area contributed by atoms with Gasteiger partial charge in [-0.05, 0) is 56.5 Å². The summed E-state index contributed by atoms with van der Waals surface area (Å²) >= 11 is 0. The van der Waals surface area contributed by atoms with E-state index in [1.165, 1.54) is 29.7 Å². The maximum atomic E-state index is 13.8. The van der Waals surface area contributed by atoms with Crippen molar-refractivity contribution in [1.29, 1.82) is 0 Å². The molecule has 112 valence electrons. The van der Waals surface area contributed by atoms with Gasteiger partial charge in [0.2, 0.25) is 0 Å². The van der Waals surface area contributed by atoms with Gasteiger partial charge in [0, 0.05) is 11.6 Å². The molecule has 0 saturated carbocycles. The molecule has 0 radical (unpaired) electrons. The third-order valence-electron chi connectivity index (χ3n) is 3.65. The van der Waals surface area contributed by atoms with Crippen molar-refractivity contribution in [3.05, 3.63) is 64.0 Å². The molecule has 0 aliphatic carbocycles. The molecule has 0 aliphatic heterocycles. The summed E-state index contributed by atoms with van der Waals surface area (Å²) in [5, 5.41) is 9.42. The number of ether oxygens (including phenoxy) is 1. The Kier molecular flexibility index (Phi) is 4.63. The molecule has 2 aromatic carbocycles. The number of rotatable bonds is 4. The van der Waals surface area contributed by atoms with E-state index in [0.29, 0.717) is 12.4 Å². The van der Waals surface area contributed by atoms with Crippen molar-refractivity contribution in [3.63, 3.8) is 0 Å². The third-order valence-corrected chi connectivity index (χ3v) is 3.65. The normalized spacial score (nSPS) is 12.3. The first-order valence-electron chi connectivity index (χ1n) is 7.05. The highest BCUT2D eigenvalue weighted by Crippen LogP contribution is 2.24. The molecule has 0 aliphatic rings. The highest BCUT2D eigenvalue weighted by molar-refractivity contribution is 5.38. The molecule has 0 heterocycles. The molecular weight excluding hydrogens is 267 g/mol. The molecular formula is C18H21FO2. The van der Waals surface area contributed by atoms with Crippen molar-refractivity contribution in [2.24, 2.45) is 0 Å². The second-order valence-corrected chi connectivity index (χ2v) is 5.53. The van der Waals surface area contributed by atoms with Crippen LogP contribution in [0.2, 0.25) is 0 Å². The quantitative estimate of drug-likeness (QED) is 0.904. The van der Waals surface area contributed by atoms with E-state index in [-0.39, 0.29) is 5.56 Å². The number of halogens is 1. The Hall–Kier alpha value is -1.87. The smallest absolute Gasteiger partial charge is 0.132 e. The number of aliphatic hydroxyl groups excluding tert-OH is 1. The predicted octanol–water partition coefficient (Wildman–Crippen LogP) is 4.38. The fourth-order valence-corrected chi connectivity index (χ4v) is 2.53. The van der Waals surface area contributed by atoms with Crippen LogP contribution in [0.4, 0.5) is 4.39 Å². The Labute approximate surface area is 125 Å². The minimum Gasteiger partial charge on any atom is -0.489 e. The summed E-state index contributed by atoms with van der Waals surface area (Å²) in [6.07, 6.45) is -0.819. The first-order chi connectivity index (χ1) is 9.88. The van der Waals surface area contributed by atoms with Gasteiger partial charge in [-0.15, -0.1) is 0 Å². The first kappa shape index (κ1) is 15.5. The van der Waals surface area contributed by atoms with Crippen LogP contribution in [0.25, 0.3) is 0 Å². The zero-order valence-corrected chi connectivity index (χ0v) is 12.9. The third kappa shape index (κ3) is 3.61. The van der Waals surface area contributed by atoms with Gasteiger partial charge in [0.25, 0.3) is 0 Å². The van der Waals surface area contributed by atoms with Gasteiger partial charge >= 0.3 is 0 Å². The Morgan fingerprint density at radius 1 is 1.10 bits per heavy atom. The van der Waals surface area contributed by atoms with E-state index in [2.05, 4.69) is 32.9 Å². The standard InChI is InChI=1S/C18H21FO2/c1-11-7-12(2)17(13(3)8-11)10-21-15-5-6-16(14(4)20)18(19)9-15/h5-9,14,20H,10H2,1-4H3/t14-/m1/s1. The second-order valence-electron chi connectivity index (χ2n) is 5.53. The van der Waals surface area contributed by atoms with Crippen molar-refractivity contribution in [3.8, 4) is 5.75 Å². The molecule has 0 unspecified atom stereocenters. The van der Waals surface area contributed by atoms with Crippen LogP contribution < -0.4 is 4.74 Å². The van der Waals surface area contributed by atoms with Crippen LogP contribution in [0.15, 0.2) is 30.3 Å². The Balaban J connectivity index is 2.16. The van der Waals surface area contributed by atoms with Gasteiger partial charge in [0.1, 0.15) is 18.2 Å². The predicted molar refractivity (Wildman–Crippen MR) is 82.0 cm³/mol. The molecule has 2 rings (SSSR count). The lowest BCUT2D eigenvalue weighted by Gasteiger charge is -2.14.